The third-order valence-electron chi connectivity index (χ3n) is 7.43. The maximum Gasteiger partial charge on any atom is 0.416 e. The van der Waals surface area contributed by atoms with Crippen molar-refractivity contribution in [3.63, 3.8) is 0 Å². The number of carbonyl (C=O) groups excluding carboxylic acids is 2. The molecule has 5 rings (SSSR count). The van der Waals surface area contributed by atoms with Crippen LogP contribution in [0.4, 0.5) is 13.2 Å². The molecule has 10 heteroatoms. The van der Waals surface area contributed by atoms with E-state index in [0.29, 0.717) is 32.2 Å². The highest BCUT2D eigenvalue weighted by molar-refractivity contribution is 5.96. The normalized spacial score (nSPS) is 25.8. The number of nitrogens with one attached hydrogen (secondary N) is 2. The van der Waals surface area contributed by atoms with Crippen LogP contribution < -0.4 is 15.4 Å². The Morgan fingerprint density at radius 3 is 2.73 bits per heavy atom. The van der Waals surface area contributed by atoms with Crippen LogP contribution in [0.3, 0.4) is 0 Å². The van der Waals surface area contributed by atoms with E-state index in [2.05, 4.69) is 15.5 Å². The first kappa shape index (κ1) is 25.5. The molecule has 2 aromatic carbocycles. The summed E-state index contributed by atoms with van der Waals surface area (Å²) in [5.74, 6) is -0.354. The van der Waals surface area contributed by atoms with Crippen molar-refractivity contribution in [2.45, 2.75) is 49.5 Å². The third kappa shape index (κ3) is 5.60. The zero-order chi connectivity index (χ0) is 26.0. The van der Waals surface area contributed by atoms with Gasteiger partial charge in [0.15, 0.2) is 0 Å². The van der Waals surface area contributed by atoms with E-state index in [4.69, 9.17) is 9.47 Å². The smallest absolute Gasteiger partial charge is 0.416 e. The summed E-state index contributed by atoms with van der Waals surface area (Å²) in [5.41, 5.74) is -0.612. The van der Waals surface area contributed by atoms with E-state index in [1.165, 1.54) is 12.1 Å². The first-order valence-electron chi connectivity index (χ1n) is 12.6. The number of rotatable bonds is 5. The van der Waals surface area contributed by atoms with Gasteiger partial charge in [0.25, 0.3) is 5.91 Å². The fraction of sp³-hybridized carbons (Fsp3) is 0.481. The molecule has 0 radical (unpaired) electrons. The van der Waals surface area contributed by atoms with Crippen molar-refractivity contribution >= 4 is 11.8 Å². The van der Waals surface area contributed by atoms with Gasteiger partial charge in [0.2, 0.25) is 5.91 Å². The molecule has 3 atom stereocenters. The molecule has 2 amide bonds. The molecule has 2 saturated heterocycles. The Hall–Kier alpha value is -3.11. The van der Waals surface area contributed by atoms with Crippen molar-refractivity contribution < 1.29 is 32.2 Å². The lowest BCUT2D eigenvalue weighted by atomic mass is 9.92. The molecule has 2 N–H and O–H groups in total. The van der Waals surface area contributed by atoms with E-state index in [-0.39, 0.29) is 18.2 Å². The van der Waals surface area contributed by atoms with Crippen LogP contribution in [-0.4, -0.2) is 67.2 Å². The summed E-state index contributed by atoms with van der Waals surface area (Å²) >= 11 is 0. The van der Waals surface area contributed by atoms with Crippen LogP contribution in [0.2, 0.25) is 0 Å². The Morgan fingerprint density at radius 2 is 1.92 bits per heavy atom. The summed E-state index contributed by atoms with van der Waals surface area (Å²) in [5, 5.41) is 5.48. The second-order valence-corrected chi connectivity index (χ2v) is 9.96. The summed E-state index contributed by atoms with van der Waals surface area (Å²) in [6.07, 6.45) is -0.996. The zero-order valence-corrected chi connectivity index (χ0v) is 20.4. The number of fused-ring (bicyclic) bond motifs is 1. The van der Waals surface area contributed by atoms with Crippen molar-refractivity contribution in [1.82, 2.24) is 15.5 Å². The highest BCUT2D eigenvalue weighted by Gasteiger charge is 2.54. The summed E-state index contributed by atoms with van der Waals surface area (Å²) in [4.78, 5) is 27.7. The van der Waals surface area contributed by atoms with Gasteiger partial charge in [0, 0.05) is 44.3 Å². The lowest BCUT2D eigenvalue weighted by molar-refractivity contribution is -0.137. The second-order valence-electron chi connectivity index (χ2n) is 9.96. The molecule has 1 spiro atoms. The van der Waals surface area contributed by atoms with Crippen molar-refractivity contribution in [2.75, 3.05) is 32.8 Å². The minimum atomic E-state index is -4.56. The van der Waals surface area contributed by atoms with Crippen LogP contribution in [-0.2, 0) is 22.1 Å². The molecule has 0 bridgehead atoms. The Morgan fingerprint density at radius 1 is 1.08 bits per heavy atom. The number of benzene rings is 2. The molecule has 2 fully saturated rings. The summed E-state index contributed by atoms with van der Waals surface area (Å²) in [6.45, 7) is 2.36. The van der Waals surface area contributed by atoms with Gasteiger partial charge in [0.05, 0.1) is 18.2 Å². The van der Waals surface area contributed by atoms with Crippen LogP contribution in [0.15, 0.2) is 48.5 Å². The van der Waals surface area contributed by atoms with Gasteiger partial charge in [-0.05, 0) is 49.1 Å². The van der Waals surface area contributed by atoms with Crippen LogP contribution in [0, 0.1) is 0 Å². The number of likely N-dealkylation sites (tertiary alicyclic amines) is 1. The van der Waals surface area contributed by atoms with Gasteiger partial charge in [-0.15, -0.1) is 0 Å². The summed E-state index contributed by atoms with van der Waals surface area (Å²) in [7, 11) is 0. The average Bonchev–Trinajstić information content (AvgIpc) is 3.28. The molecule has 2 unspecified atom stereocenters. The minimum Gasteiger partial charge on any atom is -0.483 e. The second kappa shape index (κ2) is 10.3. The minimum absolute atomic E-state index is 0.156. The van der Waals surface area contributed by atoms with Gasteiger partial charge in [-0.2, -0.15) is 13.2 Å². The zero-order valence-electron chi connectivity index (χ0n) is 20.4. The number of hydrogen-bond acceptors (Lipinski definition) is 5. The average molecular weight is 518 g/mol. The number of carbonyl (C=O) groups is 2. The number of alkyl halides is 3. The van der Waals surface area contributed by atoms with Gasteiger partial charge in [-0.3, -0.25) is 14.5 Å². The van der Waals surface area contributed by atoms with Crippen LogP contribution in [0.1, 0.15) is 40.7 Å². The van der Waals surface area contributed by atoms with E-state index in [1.807, 2.05) is 24.3 Å². The van der Waals surface area contributed by atoms with Crippen molar-refractivity contribution in [1.29, 1.82) is 0 Å². The molecule has 3 heterocycles. The molecule has 37 heavy (non-hydrogen) atoms. The summed E-state index contributed by atoms with van der Waals surface area (Å²) in [6, 6.07) is 12.0. The maximum atomic E-state index is 13.0. The third-order valence-corrected chi connectivity index (χ3v) is 7.43. The first-order valence-corrected chi connectivity index (χ1v) is 12.6. The predicted octanol–water partition coefficient (Wildman–Crippen LogP) is 3.18. The fourth-order valence-corrected chi connectivity index (χ4v) is 5.58. The van der Waals surface area contributed by atoms with Gasteiger partial charge < -0.3 is 20.1 Å². The Kier molecular flexibility index (Phi) is 7.13. The molecule has 7 nitrogen and oxygen atoms in total. The molecule has 3 aliphatic rings. The molecule has 3 aliphatic heterocycles. The van der Waals surface area contributed by atoms with Crippen LogP contribution in [0.5, 0.6) is 5.75 Å². The maximum absolute atomic E-state index is 13.0. The van der Waals surface area contributed by atoms with E-state index < -0.39 is 29.2 Å². The van der Waals surface area contributed by atoms with E-state index in [0.717, 1.165) is 49.3 Å². The number of para-hydroxylation sites is 1. The molecular weight excluding hydrogens is 487 g/mol. The molecule has 0 saturated carbocycles. The van der Waals surface area contributed by atoms with Gasteiger partial charge in [-0.1, -0.05) is 24.3 Å². The molecule has 0 aliphatic carbocycles. The molecule has 2 aromatic rings. The number of nitrogens with zero attached hydrogens (tertiary/aromatic N) is 1. The number of amides is 2. The topological polar surface area (TPSA) is 79.9 Å². The van der Waals surface area contributed by atoms with Gasteiger partial charge in [0.1, 0.15) is 11.4 Å². The van der Waals surface area contributed by atoms with Crippen molar-refractivity contribution in [3.05, 3.63) is 65.2 Å². The van der Waals surface area contributed by atoms with E-state index in [1.54, 1.807) is 0 Å². The lowest BCUT2D eigenvalue weighted by Crippen LogP contribution is -2.56. The molecular formula is C27H30F3N3O4. The van der Waals surface area contributed by atoms with E-state index in [9.17, 15) is 22.8 Å². The standard InChI is InChI=1S/C27H30F3N3O4/c28-27(29,30)20-7-3-6-18(13-20)25(35)31-15-24(34)32-23-16-33(21-8-4-11-36-12-10-21)17-26(23)14-19-5-1-2-9-22(19)37-26/h1-3,5-7,9,13,21,23H,4,8,10-12,14-17H2,(H,31,35)(H,32,34)/t21?,23?,26-/m0/s1. The Balaban J connectivity index is 1.25. The van der Waals surface area contributed by atoms with Crippen LogP contribution in [0.25, 0.3) is 0 Å². The SMILES string of the molecule is O=C(CNC(=O)c1cccc(C(F)(F)F)c1)NC1CN(C2CCCOCC2)C[C@@]12Cc1ccccc1O2. The highest BCUT2D eigenvalue weighted by Crippen LogP contribution is 2.41. The fourth-order valence-electron chi connectivity index (χ4n) is 5.58. The Labute approximate surface area is 213 Å². The Bertz CT molecular complexity index is 1120. The predicted molar refractivity (Wildman–Crippen MR) is 129 cm³/mol. The number of ether oxygens (including phenoxy) is 2. The first-order chi connectivity index (χ1) is 17.7. The number of hydrogen-bond donors (Lipinski definition) is 2. The molecule has 198 valence electrons. The van der Waals surface area contributed by atoms with Gasteiger partial charge >= 0.3 is 6.18 Å². The quantitative estimate of drug-likeness (QED) is 0.637. The van der Waals surface area contributed by atoms with E-state index >= 15 is 0 Å². The highest BCUT2D eigenvalue weighted by atomic mass is 19.4. The summed E-state index contributed by atoms with van der Waals surface area (Å²) < 4.78 is 51.1. The largest absolute Gasteiger partial charge is 0.483 e. The lowest BCUT2D eigenvalue weighted by Gasteiger charge is -2.31. The molecule has 0 aromatic heterocycles. The van der Waals surface area contributed by atoms with Crippen molar-refractivity contribution in [2.24, 2.45) is 0 Å². The number of halogens is 3. The van der Waals surface area contributed by atoms with Gasteiger partial charge in [-0.25, -0.2) is 0 Å². The van der Waals surface area contributed by atoms with Crippen LogP contribution >= 0.6 is 0 Å². The van der Waals surface area contributed by atoms with Crippen molar-refractivity contribution in [3.8, 4) is 5.75 Å². The monoisotopic (exact) mass is 517 g/mol.